The third kappa shape index (κ3) is 4.61. The second kappa shape index (κ2) is 9.39. The molecule has 7 heteroatoms. The van der Waals surface area contributed by atoms with Gasteiger partial charge in [0.25, 0.3) is 0 Å². The van der Waals surface area contributed by atoms with Gasteiger partial charge in [-0.25, -0.2) is 9.79 Å². The fraction of sp³-hybridized carbons (Fsp3) is 0.455. The standard InChI is InChI=1S/C22H28N2O4S/c1-6-26-18-12-16(8-9-17(18)28-13-14(3)4)20-19(21(25)27-7-2)15(5)23-22-24(20)10-11-29-22/h8-12,14,20H,6-7,13H2,1-5H3/t20-/m1/s1. The molecule has 0 N–H and O–H groups in total. The van der Waals surface area contributed by atoms with Crippen LogP contribution in [0.25, 0.3) is 0 Å². The normalized spacial score (nSPS) is 18.1. The van der Waals surface area contributed by atoms with Crippen LogP contribution in [0, 0.1) is 5.92 Å². The van der Waals surface area contributed by atoms with E-state index in [1.165, 1.54) is 11.8 Å². The molecule has 2 heterocycles. The van der Waals surface area contributed by atoms with E-state index in [1.54, 1.807) is 6.92 Å². The van der Waals surface area contributed by atoms with E-state index in [4.69, 9.17) is 14.2 Å². The molecule has 1 aromatic rings. The Morgan fingerprint density at radius 2 is 2.00 bits per heavy atom. The van der Waals surface area contributed by atoms with E-state index in [1.807, 2.05) is 48.6 Å². The van der Waals surface area contributed by atoms with Crippen molar-refractivity contribution in [2.75, 3.05) is 19.8 Å². The van der Waals surface area contributed by atoms with Crippen LogP contribution < -0.4 is 9.47 Å². The lowest BCUT2D eigenvalue weighted by molar-refractivity contribution is -0.139. The fourth-order valence-corrected chi connectivity index (χ4v) is 4.03. The Balaban J connectivity index is 2.03. The molecule has 1 aromatic carbocycles. The van der Waals surface area contributed by atoms with Crippen LogP contribution in [0.2, 0.25) is 0 Å². The molecule has 0 fully saturated rings. The lowest BCUT2D eigenvalue weighted by atomic mass is 9.94. The van der Waals surface area contributed by atoms with E-state index in [9.17, 15) is 4.79 Å². The van der Waals surface area contributed by atoms with Crippen LogP contribution in [0.1, 0.15) is 46.2 Å². The first kappa shape index (κ1) is 21.3. The maximum atomic E-state index is 12.8. The molecular formula is C22H28N2O4S. The van der Waals surface area contributed by atoms with E-state index in [0.717, 1.165) is 10.7 Å². The van der Waals surface area contributed by atoms with Crippen LogP contribution in [0.5, 0.6) is 11.5 Å². The molecule has 0 radical (unpaired) electrons. The Morgan fingerprint density at radius 1 is 1.21 bits per heavy atom. The highest BCUT2D eigenvalue weighted by molar-refractivity contribution is 8.16. The van der Waals surface area contributed by atoms with Crippen molar-refractivity contribution < 1.29 is 19.0 Å². The van der Waals surface area contributed by atoms with Gasteiger partial charge in [0.15, 0.2) is 16.7 Å². The quantitative estimate of drug-likeness (QED) is 0.563. The molecule has 29 heavy (non-hydrogen) atoms. The molecule has 0 aliphatic carbocycles. The summed E-state index contributed by atoms with van der Waals surface area (Å²) in [5.74, 6) is 1.44. The van der Waals surface area contributed by atoms with Gasteiger partial charge in [0.2, 0.25) is 0 Å². The zero-order chi connectivity index (χ0) is 21.0. The summed E-state index contributed by atoms with van der Waals surface area (Å²) in [6.45, 7) is 11.3. The molecule has 0 aromatic heterocycles. The predicted octanol–water partition coefficient (Wildman–Crippen LogP) is 4.89. The lowest BCUT2D eigenvalue weighted by Crippen LogP contribution is -2.34. The maximum absolute atomic E-state index is 12.8. The summed E-state index contributed by atoms with van der Waals surface area (Å²) in [6.07, 6.45) is 1.95. The second-order valence-electron chi connectivity index (χ2n) is 7.17. The number of esters is 1. The van der Waals surface area contributed by atoms with E-state index in [2.05, 4.69) is 18.8 Å². The molecule has 0 bridgehead atoms. The minimum absolute atomic E-state index is 0.315. The summed E-state index contributed by atoms with van der Waals surface area (Å²) in [6, 6.07) is 5.52. The smallest absolute Gasteiger partial charge is 0.338 e. The highest BCUT2D eigenvalue weighted by Gasteiger charge is 2.37. The Kier molecular flexibility index (Phi) is 6.90. The monoisotopic (exact) mass is 416 g/mol. The van der Waals surface area contributed by atoms with Crippen molar-refractivity contribution in [2.45, 2.75) is 40.7 Å². The summed E-state index contributed by atoms with van der Waals surface area (Å²) in [7, 11) is 0. The number of nitrogens with zero attached hydrogens (tertiary/aromatic N) is 2. The first-order valence-electron chi connectivity index (χ1n) is 9.94. The largest absolute Gasteiger partial charge is 0.490 e. The third-order valence-electron chi connectivity index (χ3n) is 4.47. The summed E-state index contributed by atoms with van der Waals surface area (Å²) >= 11 is 1.54. The van der Waals surface area contributed by atoms with Crippen molar-refractivity contribution in [3.05, 3.63) is 46.6 Å². The molecule has 0 saturated carbocycles. The Labute approximate surface area is 176 Å². The first-order chi connectivity index (χ1) is 14.0. The number of hydrogen-bond acceptors (Lipinski definition) is 7. The number of allylic oxidation sites excluding steroid dienone is 1. The lowest BCUT2D eigenvalue weighted by Gasteiger charge is -2.33. The van der Waals surface area contributed by atoms with Crippen LogP contribution in [0.3, 0.4) is 0 Å². The second-order valence-corrected chi connectivity index (χ2v) is 8.04. The zero-order valence-corrected chi connectivity index (χ0v) is 18.4. The first-order valence-corrected chi connectivity index (χ1v) is 10.8. The summed E-state index contributed by atoms with van der Waals surface area (Å²) < 4.78 is 17.1. The van der Waals surface area contributed by atoms with E-state index in [-0.39, 0.29) is 12.0 Å². The van der Waals surface area contributed by atoms with Gasteiger partial charge in [-0.3, -0.25) is 0 Å². The van der Waals surface area contributed by atoms with Crippen LogP contribution >= 0.6 is 11.8 Å². The predicted molar refractivity (Wildman–Crippen MR) is 116 cm³/mol. The average Bonchev–Trinajstić information content (AvgIpc) is 3.14. The number of fused-ring (bicyclic) bond motifs is 1. The number of benzene rings is 1. The number of amidine groups is 1. The van der Waals surface area contributed by atoms with Gasteiger partial charge in [-0.05, 0) is 49.8 Å². The highest BCUT2D eigenvalue weighted by Crippen LogP contribution is 2.43. The molecule has 2 aliphatic heterocycles. The van der Waals surface area contributed by atoms with Crippen molar-refractivity contribution in [1.29, 1.82) is 0 Å². The fourth-order valence-electron chi connectivity index (χ4n) is 3.24. The molecule has 0 spiro atoms. The van der Waals surface area contributed by atoms with Crippen LogP contribution in [0.4, 0.5) is 0 Å². The van der Waals surface area contributed by atoms with Crippen molar-refractivity contribution in [2.24, 2.45) is 10.9 Å². The summed E-state index contributed by atoms with van der Waals surface area (Å²) in [4.78, 5) is 19.4. The minimum Gasteiger partial charge on any atom is -0.490 e. The van der Waals surface area contributed by atoms with Gasteiger partial charge in [0.05, 0.1) is 37.1 Å². The average molecular weight is 417 g/mol. The van der Waals surface area contributed by atoms with Gasteiger partial charge >= 0.3 is 5.97 Å². The van der Waals surface area contributed by atoms with Crippen molar-refractivity contribution in [1.82, 2.24) is 4.90 Å². The Bertz CT molecular complexity index is 860. The van der Waals surface area contributed by atoms with Gasteiger partial charge in [-0.15, -0.1) is 0 Å². The highest BCUT2D eigenvalue weighted by atomic mass is 32.2. The van der Waals surface area contributed by atoms with Crippen molar-refractivity contribution in [3.63, 3.8) is 0 Å². The van der Waals surface area contributed by atoms with Crippen molar-refractivity contribution in [3.8, 4) is 11.5 Å². The summed E-state index contributed by atoms with van der Waals surface area (Å²) in [5, 5.41) is 2.81. The van der Waals surface area contributed by atoms with Gasteiger partial charge in [-0.2, -0.15) is 0 Å². The van der Waals surface area contributed by atoms with Crippen molar-refractivity contribution >= 4 is 22.9 Å². The van der Waals surface area contributed by atoms with Crippen LogP contribution in [-0.2, 0) is 9.53 Å². The number of thioether (sulfide) groups is 1. The Morgan fingerprint density at radius 3 is 2.69 bits per heavy atom. The van der Waals surface area contributed by atoms with Gasteiger partial charge in [0, 0.05) is 6.20 Å². The molecule has 1 atom stereocenters. The van der Waals surface area contributed by atoms with E-state index < -0.39 is 0 Å². The SMILES string of the molecule is CCOC(=O)C1=C(C)N=C2SC=CN2[C@@H]1c1ccc(OCC(C)C)c(OCC)c1. The van der Waals surface area contributed by atoms with Crippen LogP contribution in [0.15, 0.2) is 46.1 Å². The molecule has 0 unspecified atom stereocenters. The number of carbonyl (C=O) groups excluding carboxylic acids is 1. The number of rotatable bonds is 8. The Hall–Kier alpha value is -2.41. The third-order valence-corrected chi connectivity index (χ3v) is 5.24. The number of aliphatic imine (C=N–C) groups is 1. The molecule has 2 aliphatic rings. The van der Waals surface area contributed by atoms with Gasteiger partial charge in [-0.1, -0.05) is 31.7 Å². The number of carbonyl (C=O) groups is 1. The number of ether oxygens (including phenoxy) is 3. The van der Waals surface area contributed by atoms with Crippen LogP contribution in [-0.4, -0.2) is 35.9 Å². The molecular weight excluding hydrogens is 388 g/mol. The molecule has 0 saturated heterocycles. The topological polar surface area (TPSA) is 60.4 Å². The van der Waals surface area contributed by atoms with E-state index in [0.29, 0.717) is 48.5 Å². The van der Waals surface area contributed by atoms with E-state index >= 15 is 0 Å². The van der Waals surface area contributed by atoms with Gasteiger partial charge in [0.1, 0.15) is 0 Å². The number of hydrogen-bond donors (Lipinski definition) is 0. The molecule has 0 amide bonds. The molecule has 6 nitrogen and oxygen atoms in total. The maximum Gasteiger partial charge on any atom is 0.338 e. The molecule has 156 valence electrons. The minimum atomic E-state index is -0.346. The summed E-state index contributed by atoms with van der Waals surface area (Å²) in [5.41, 5.74) is 2.14. The van der Waals surface area contributed by atoms with Gasteiger partial charge < -0.3 is 19.1 Å². The zero-order valence-electron chi connectivity index (χ0n) is 17.6. The molecule has 3 rings (SSSR count).